The van der Waals surface area contributed by atoms with Crippen LogP contribution in [-0.4, -0.2) is 51.8 Å². The maximum atomic E-state index is 14.0. The molecule has 0 aliphatic carbocycles. The molecule has 34 heavy (non-hydrogen) atoms. The Kier molecular flexibility index (Phi) is 6.81. The molecule has 180 valence electrons. The third-order valence-corrected chi connectivity index (χ3v) is 6.68. The molecule has 3 heterocycles. The average molecular weight is 490 g/mol. The summed E-state index contributed by atoms with van der Waals surface area (Å²) in [5, 5.41) is 11.0. The summed E-state index contributed by atoms with van der Waals surface area (Å²) in [5.41, 5.74) is -0.284. The number of pyridine rings is 1. The monoisotopic (exact) mass is 489 g/mol. The number of methoxy groups -OCH3 is 1. The number of nitrogens with zero attached hydrogens (tertiary/aromatic N) is 3. The molecule has 4 rings (SSSR count). The van der Waals surface area contributed by atoms with Crippen LogP contribution in [0.3, 0.4) is 0 Å². The molecule has 1 amide bonds. The number of carbonyl (C=O) groups excluding carboxylic acids is 1. The fraction of sp³-hybridized carbons (Fsp3) is 0.375. The van der Waals surface area contributed by atoms with Gasteiger partial charge in [-0.1, -0.05) is 19.9 Å². The van der Waals surface area contributed by atoms with Gasteiger partial charge in [0.1, 0.15) is 16.6 Å². The number of aromatic nitrogens is 2. The van der Waals surface area contributed by atoms with Crippen LogP contribution in [0.4, 0.5) is 8.78 Å². The van der Waals surface area contributed by atoms with Crippen LogP contribution in [0.1, 0.15) is 34.8 Å². The molecule has 0 saturated carbocycles. The smallest absolute Gasteiger partial charge is 0.274 e. The van der Waals surface area contributed by atoms with Crippen LogP contribution >= 0.6 is 11.3 Å². The van der Waals surface area contributed by atoms with Gasteiger partial charge in [-0.05, 0) is 17.5 Å². The molecule has 0 saturated heterocycles. The van der Waals surface area contributed by atoms with Crippen molar-refractivity contribution in [1.29, 1.82) is 0 Å². The van der Waals surface area contributed by atoms with Crippen molar-refractivity contribution in [3.8, 4) is 16.3 Å². The quantitative estimate of drug-likeness (QED) is 0.548. The van der Waals surface area contributed by atoms with Crippen molar-refractivity contribution >= 4 is 17.2 Å². The van der Waals surface area contributed by atoms with Gasteiger partial charge >= 0.3 is 0 Å². The lowest BCUT2D eigenvalue weighted by Gasteiger charge is -2.38. The van der Waals surface area contributed by atoms with Gasteiger partial charge in [0.15, 0.2) is 11.4 Å². The van der Waals surface area contributed by atoms with E-state index in [1.165, 1.54) is 35.9 Å². The molecule has 0 fully saturated rings. The van der Waals surface area contributed by atoms with Crippen molar-refractivity contribution in [2.45, 2.75) is 32.9 Å². The Labute approximate surface area is 199 Å². The van der Waals surface area contributed by atoms with Gasteiger partial charge < -0.3 is 19.3 Å². The molecule has 0 spiro atoms. The summed E-state index contributed by atoms with van der Waals surface area (Å²) in [5.74, 6) is -2.15. The molecule has 1 aliphatic heterocycles. The molecule has 1 aliphatic rings. The predicted octanol–water partition coefficient (Wildman–Crippen LogP) is 3.67. The number of halogens is 2. The molecule has 1 N–H and O–H groups in total. The van der Waals surface area contributed by atoms with Gasteiger partial charge in [-0.2, -0.15) is 0 Å². The van der Waals surface area contributed by atoms with E-state index in [4.69, 9.17) is 4.74 Å². The second-order valence-electron chi connectivity index (χ2n) is 8.73. The van der Waals surface area contributed by atoms with Gasteiger partial charge in [0.25, 0.3) is 5.91 Å². The van der Waals surface area contributed by atoms with Crippen LogP contribution in [0.25, 0.3) is 10.6 Å². The largest absolute Gasteiger partial charge is 0.503 e. The van der Waals surface area contributed by atoms with Crippen LogP contribution in [0.15, 0.2) is 35.4 Å². The zero-order valence-electron chi connectivity index (χ0n) is 19.0. The topological polar surface area (TPSA) is 84.7 Å². The first-order valence-electron chi connectivity index (χ1n) is 10.8. The number of benzene rings is 1. The van der Waals surface area contributed by atoms with E-state index >= 15 is 0 Å². The highest BCUT2D eigenvalue weighted by Crippen LogP contribution is 2.30. The van der Waals surface area contributed by atoms with Gasteiger partial charge in [-0.25, -0.2) is 13.8 Å². The van der Waals surface area contributed by atoms with Crippen molar-refractivity contribution in [2.75, 3.05) is 20.3 Å². The van der Waals surface area contributed by atoms with Crippen molar-refractivity contribution in [3.63, 3.8) is 0 Å². The zero-order valence-corrected chi connectivity index (χ0v) is 19.9. The molecule has 1 unspecified atom stereocenters. The predicted molar refractivity (Wildman–Crippen MR) is 124 cm³/mol. The number of aromatic hydroxyl groups is 1. The summed E-state index contributed by atoms with van der Waals surface area (Å²) in [6, 6.07) is 3.12. The average Bonchev–Trinajstić information content (AvgIpc) is 3.23. The van der Waals surface area contributed by atoms with Gasteiger partial charge in [0, 0.05) is 50.0 Å². The van der Waals surface area contributed by atoms with E-state index in [0.717, 1.165) is 6.07 Å². The van der Waals surface area contributed by atoms with E-state index in [2.05, 4.69) is 4.98 Å². The van der Waals surface area contributed by atoms with Crippen LogP contribution in [0.5, 0.6) is 5.75 Å². The van der Waals surface area contributed by atoms with Crippen molar-refractivity contribution in [1.82, 2.24) is 14.5 Å². The SMILES string of the molecule is COCC1Cn2cc(-c3ncc(Cc4ccc(F)cc4F)s3)c(=O)c(O)c2C(=O)N1CC(C)C. The number of ether oxygens (including phenoxy) is 1. The van der Waals surface area contributed by atoms with Crippen molar-refractivity contribution in [3.05, 3.63) is 68.6 Å². The van der Waals surface area contributed by atoms with Gasteiger partial charge in [0.2, 0.25) is 5.43 Å². The summed E-state index contributed by atoms with van der Waals surface area (Å²) in [6.45, 7) is 5.10. The highest BCUT2D eigenvalue weighted by Gasteiger charge is 2.36. The molecule has 3 aromatic rings. The van der Waals surface area contributed by atoms with Gasteiger partial charge in [-0.3, -0.25) is 9.59 Å². The standard InChI is InChI=1S/C24H25F2N3O4S/c1-13(2)9-29-16(12-33-3)10-28-11-18(21(30)22(31)20(28)24(29)32)23-27-8-17(34-23)6-14-4-5-15(25)7-19(14)26/h4-5,7-8,11,13,16,31H,6,9-10,12H2,1-3H3. The van der Waals surface area contributed by atoms with E-state index in [1.54, 1.807) is 16.6 Å². The Morgan fingerprint density at radius 1 is 1.29 bits per heavy atom. The number of amides is 1. The fourth-order valence-corrected chi connectivity index (χ4v) is 5.07. The molecule has 0 bridgehead atoms. The van der Waals surface area contributed by atoms with E-state index in [0.29, 0.717) is 35.1 Å². The lowest BCUT2D eigenvalue weighted by atomic mass is 10.1. The van der Waals surface area contributed by atoms with E-state index in [1.807, 2.05) is 13.8 Å². The summed E-state index contributed by atoms with van der Waals surface area (Å²) in [4.78, 5) is 32.8. The highest BCUT2D eigenvalue weighted by atomic mass is 32.1. The van der Waals surface area contributed by atoms with Crippen LogP contribution in [0.2, 0.25) is 0 Å². The van der Waals surface area contributed by atoms with E-state index in [9.17, 15) is 23.5 Å². The lowest BCUT2D eigenvalue weighted by molar-refractivity contribution is 0.0369. The second kappa shape index (κ2) is 9.63. The maximum Gasteiger partial charge on any atom is 0.274 e. The number of hydrogen-bond acceptors (Lipinski definition) is 6. The molecule has 2 aromatic heterocycles. The number of rotatable bonds is 7. The van der Waals surface area contributed by atoms with Crippen molar-refractivity contribution in [2.24, 2.45) is 5.92 Å². The number of thiazole rings is 1. The Bertz CT molecular complexity index is 1290. The van der Waals surface area contributed by atoms with Crippen LogP contribution in [-0.2, 0) is 17.7 Å². The lowest BCUT2D eigenvalue weighted by Crippen LogP contribution is -2.52. The third kappa shape index (κ3) is 4.60. The molecule has 7 nitrogen and oxygen atoms in total. The fourth-order valence-electron chi connectivity index (χ4n) is 4.13. The van der Waals surface area contributed by atoms with E-state index < -0.39 is 28.7 Å². The van der Waals surface area contributed by atoms with Crippen LogP contribution < -0.4 is 5.43 Å². The minimum absolute atomic E-state index is 0.0492. The Hall–Kier alpha value is -3.11. The normalized spacial score (nSPS) is 15.8. The molecule has 1 aromatic carbocycles. The van der Waals surface area contributed by atoms with Gasteiger partial charge in [0.05, 0.1) is 18.2 Å². The first kappa shape index (κ1) is 24.0. The number of carbonyl (C=O) groups is 1. The first-order chi connectivity index (χ1) is 16.2. The summed E-state index contributed by atoms with van der Waals surface area (Å²) in [7, 11) is 1.56. The molecular formula is C24H25F2N3O4S. The van der Waals surface area contributed by atoms with Crippen molar-refractivity contribution < 1.29 is 23.4 Å². The minimum atomic E-state index is -0.692. The number of fused-ring (bicyclic) bond motifs is 1. The number of hydrogen-bond donors (Lipinski definition) is 1. The second-order valence-corrected chi connectivity index (χ2v) is 9.84. The maximum absolute atomic E-state index is 14.0. The molecular weight excluding hydrogens is 464 g/mol. The summed E-state index contributed by atoms with van der Waals surface area (Å²) >= 11 is 1.17. The minimum Gasteiger partial charge on any atom is -0.503 e. The zero-order chi connectivity index (χ0) is 24.6. The highest BCUT2D eigenvalue weighted by molar-refractivity contribution is 7.15. The van der Waals surface area contributed by atoms with Crippen LogP contribution in [0, 0.1) is 17.6 Å². The first-order valence-corrected chi connectivity index (χ1v) is 11.7. The molecule has 0 radical (unpaired) electrons. The third-order valence-electron chi connectivity index (χ3n) is 5.65. The molecule has 10 heteroatoms. The summed E-state index contributed by atoms with van der Waals surface area (Å²) < 4.78 is 34.1. The van der Waals surface area contributed by atoms with Gasteiger partial charge in [-0.15, -0.1) is 11.3 Å². The summed E-state index contributed by atoms with van der Waals surface area (Å²) in [6.07, 6.45) is 3.24. The Balaban J connectivity index is 1.69. The van der Waals surface area contributed by atoms with E-state index in [-0.39, 0.29) is 29.6 Å². The Morgan fingerprint density at radius 3 is 2.74 bits per heavy atom. The molecule has 1 atom stereocenters. The Morgan fingerprint density at radius 2 is 2.06 bits per heavy atom.